The minimum atomic E-state index is -0.996. The number of benzene rings is 1. The van der Waals surface area contributed by atoms with Crippen LogP contribution in [0.4, 0.5) is 11.5 Å². The first-order chi connectivity index (χ1) is 12.6. The molecule has 0 radical (unpaired) electrons. The molecule has 0 unspecified atom stereocenters. The number of carboxylic acids is 1. The lowest BCUT2D eigenvalue weighted by molar-refractivity contribution is 0.0693. The van der Waals surface area contributed by atoms with Crippen molar-refractivity contribution in [3.05, 3.63) is 53.7 Å². The Morgan fingerprint density at radius 1 is 1.08 bits per heavy atom. The molecule has 3 rings (SSSR count). The summed E-state index contributed by atoms with van der Waals surface area (Å²) in [5, 5.41) is 12.3. The zero-order valence-electron chi connectivity index (χ0n) is 14.7. The molecule has 1 aromatic heterocycles. The van der Waals surface area contributed by atoms with Gasteiger partial charge in [0.05, 0.1) is 11.3 Å². The number of carbonyl (C=O) groups excluding carboxylic acids is 1. The van der Waals surface area contributed by atoms with Crippen LogP contribution in [0.2, 0.25) is 0 Å². The van der Waals surface area contributed by atoms with Crippen LogP contribution in [0.3, 0.4) is 0 Å². The molecule has 1 saturated heterocycles. The third-order valence-electron chi connectivity index (χ3n) is 4.40. The van der Waals surface area contributed by atoms with Gasteiger partial charge in [-0.2, -0.15) is 0 Å². The first kappa shape index (κ1) is 17.7. The van der Waals surface area contributed by atoms with Crippen molar-refractivity contribution in [2.24, 2.45) is 0 Å². The second-order valence-corrected chi connectivity index (χ2v) is 6.07. The third kappa shape index (κ3) is 3.77. The van der Waals surface area contributed by atoms with Crippen LogP contribution in [0.15, 0.2) is 42.6 Å². The number of amides is 1. The van der Waals surface area contributed by atoms with E-state index in [0.29, 0.717) is 31.7 Å². The fourth-order valence-electron chi connectivity index (χ4n) is 3.04. The van der Waals surface area contributed by atoms with Crippen molar-refractivity contribution in [1.82, 2.24) is 9.88 Å². The quantitative estimate of drug-likeness (QED) is 0.856. The van der Waals surface area contributed by atoms with Gasteiger partial charge >= 0.3 is 5.97 Å². The van der Waals surface area contributed by atoms with Crippen LogP contribution in [0, 0.1) is 0 Å². The van der Waals surface area contributed by atoms with Crippen LogP contribution in [0.25, 0.3) is 0 Å². The Balaban J connectivity index is 1.65. The normalized spacial score (nSPS) is 14.2. The first-order valence-electron chi connectivity index (χ1n) is 8.66. The molecule has 136 valence electrons. The molecule has 7 heteroatoms. The van der Waals surface area contributed by atoms with E-state index in [1.807, 2.05) is 19.1 Å². The van der Waals surface area contributed by atoms with Gasteiger partial charge in [0.15, 0.2) is 5.82 Å². The lowest BCUT2D eigenvalue weighted by atomic mass is 10.1. The summed E-state index contributed by atoms with van der Waals surface area (Å²) >= 11 is 0. The van der Waals surface area contributed by atoms with Gasteiger partial charge in [-0.05, 0) is 43.3 Å². The van der Waals surface area contributed by atoms with Crippen molar-refractivity contribution in [2.45, 2.75) is 6.92 Å². The molecule has 2 aromatic rings. The second kappa shape index (κ2) is 7.86. The van der Waals surface area contributed by atoms with E-state index in [-0.39, 0.29) is 11.5 Å². The third-order valence-corrected chi connectivity index (χ3v) is 4.40. The largest absolute Gasteiger partial charge is 0.478 e. The van der Waals surface area contributed by atoms with Crippen molar-refractivity contribution in [3.63, 3.8) is 0 Å². The number of piperazine rings is 1. The van der Waals surface area contributed by atoms with Crippen LogP contribution < -0.4 is 10.2 Å². The molecule has 1 amide bonds. The number of nitrogens with zero attached hydrogens (tertiary/aromatic N) is 3. The van der Waals surface area contributed by atoms with Gasteiger partial charge in [-0.25, -0.2) is 9.78 Å². The smallest absolute Gasteiger partial charge is 0.335 e. The highest BCUT2D eigenvalue weighted by Gasteiger charge is 2.24. The van der Waals surface area contributed by atoms with Crippen molar-refractivity contribution >= 4 is 23.4 Å². The number of hydrogen-bond donors (Lipinski definition) is 2. The summed E-state index contributed by atoms with van der Waals surface area (Å²) in [6.07, 6.45) is 1.78. The summed E-state index contributed by atoms with van der Waals surface area (Å²) in [6.45, 7) is 5.47. The van der Waals surface area contributed by atoms with Crippen LogP contribution in [0.1, 0.15) is 27.6 Å². The average molecular weight is 354 g/mol. The van der Waals surface area contributed by atoms with Crippen LogP contribution in [-0.2, 0) is 0 Å². The van der Waals surface area contributed by atoms with E-state index in [2.05, 4.69) is 15.2 Å². The maximum atomic E-state index is 12.6. The van der Waals surface area contributed by atoms with E-state index < -0.39 is 5.97 Å². The van der Waals surface area contributed by atoms with Crippen LogP contribution in [-0.4, -0.2) is 59.6 Å². The number of aromatic nitrogens is 1. The Bertz CT molecular complexity index is 784. The Morgan fingerprint density at radius 2 is 1.73 bits per heavy atom. The van der Waals surface area contributed by atoms with Crippen molar-refractivity contribution < 1.29 is 14.7 Å². The molecule has 26 heavy (non-hydrogen) atoms. The fourth-order valence-corrected chi connectivity index (χ4v) is 3.04. The maximum Gasteiger partial charge on any atom is 0.335 e. The van der Waals surface area contributed by atoms with Crippen molar-refractivity contribution in [1.29, 1.82) is 0 Å². The van der Waals surface area contributed by atoms with Gasteiger partial charge in [0.1, 0.15) is 0 Å². The fraction of sp³-hybridized carbons (Fsp3) is 0.316. The summed E-state index contributed by atoms with van der Waals surface area (Å²) in [7, 11) is 0. The van der Waals surface area contributed by atoms with E-state index in [9.17, 15) is 9.59 Å². The lowest BCUT2D eigenvalue weighted by Crippen LogP contribution is -2.49. The molecule has 0 saturated carbocycles. The predicted octanol–water partition coefficient (Wildman–Crippen LogP) is 2.17. The molecule has 0 bridgehead atoms. The highest BCUT2D eigenvalue weighted by atomic mass is 16.4. The summed E-state index contributed by atoms with van der Waals surface area (Å²) < 4.78 is 0. The highest BCUT2D eigenvalue weighted by Crippen LogP contribution is 2.24. The summed E-state index contributed by atoms with van der Waals surface area (Å²) in [5.41, 5.74) is 1.69. The lowest BCUT2D eigenvalue weighted by Gasteiger charge is -2.36. The van der Waals surface area contributed by atoms with Gasteiger partial charge in [-0.15, -0.1) is 0 Å². The van der Waals surface area contributed by atoms with Crippen LogP contribution in [0.5, 0.6) is 0 Å². The van der Waals surface area contributed by atoms with Gasteiger partial charge < -0.3 is 20.2 Å². The molecule has 2 N–H and O–H groups in total. The number of carbonyl (C=O) groups is 2. The molecule has 1 aromatic carbocycles. The molecule has 1 aliphatic rings. The molecule has 0 spiro atoms. The second-order valence-electron chi connectivity index (χ2n) is 6.07. The molecular weight excluding hydrogens is 332 g/mol. The average Bonchev–Trinajstić information content (AvgIpc) is 2.68. The van der Waals surface area contributed by atoms with Gasteiger partial charge in [-0.3, -0.25) is 4.79 Å². The maximum absolute atomic E-state index is 12.6. The van der Waals surface area contributed by atoms with E-state index in [1.54, 1.807) is 23.2 Å². The van der Waals surface area contributed by atoms with Crippen molar-refractivity contribution in [3.8, 4) is 0 Å². The SMILES string of the molecule is CCNc1cccnc1N1CCN(C(=O)c2ccc(C(=O)O)cc2)CC1. The highest BCUT2D eigenvalue weighted by molar-refractivity contribution is 5.96. The number of nitrogens with one attached hydrogen (secondary N) is 1. The van der Waals surface area contributed by atoms with Crippen LogP contribution >= 0.6 is 0 Å². The molecular formula is C19H22N4O3. The standard InChI is InChI=1S/C19H22N4O3/c1-2-20-16-4-3-9-21-17(16)22-10-12-23(13-11-22)18(24)14-5-7-15(8-6-14)19(25)26/h3-9,20H,2,10-13H2,1H3,(H,25,26). The Hall–Kier alpha value is -3.09. The Labute approximate surface area is 152 Å². The van der Waals surface area contributed by atoms with Gasteiger partial charge in [-0.1, -0.05) is 0 Å². The Morgan fingerprint density at radius 3 is 2.35 bits per heavy atom. The van der Waals surface area contributed by atoms with E-state index in [1.165, 1.54) is 12.1 Å². The predicted molar refractivity (Wildman–Crippen MR) is 99.9 cm³/mol. The topological polar surface area (TPSA) is 85.8 Å². The number of pyridine rings is 1. The molecule has 1 fully saturated rings. The molecule has 1 aliphatic heterocycles. The number of anilines is 2. The monoisotopic (exact) mass is 354 g/mol. The van der Waals surface area contributed by atoms with Gasteiger partial charge in [0.25, 0.3) is 5.91 Å². The zero-order valence-corrected chi connectivity index (χ0v) is 14.7. The molecule has 0 atom stereocenters. The Kier molecular flexibility index (Phi) is 5.36. The summed E-state index contributed by atoms with van der Waals surface area (Å²) in [5.74, 6) is -0.161. The number of rotatable bonds is 5. The van der Waals surface area contributed by atoms with Gasteiger partial charge in [0.2, 0.25) is 0 Å². The number of aromatic carboxylic acids is 1. The zero-order chi connectivity index (χ0) is 18.5. The molecule has 2 heterocycles. The minimum absolute atomic E-state index is 0.0745. The van der Waals surface area contributed by atoms with E-state index >= 15 is 0 Å². The van der Waals surface area contributed by atoms with E-state index in [0.717, 1.165) is 18.1 Å². The summed E-state index contributed by atoms with van der Waals surface area (Å²) in [6, 6.07) is 9.97. The summed E-state index contributed by atoms with van der Waals surface area (Å²) in [4.78, 5) is 32.0. The van der Waals surface area contributed by atoms with Gasteiger partial charge in [0, 0.05) is 44.5 Å². The minimum Gasteiger partial charge on any atom is -0.478 e. The van der Waals surface area contributed by atoms with E-state index in [4.69, 9.17) is 5.11 Å². The molecule has 7 nitrogen and oxygen atoms in total. The van der Waals surface area contributed by atoms with Crippen molar-refractivity contribution in [2.75, 3.05) is 42.9 Å². The number of carboxylic acid groups (broad SMARTS) is 1. The first-order valence-corrected chi connectivity index (χ1v) is 8.66. The number of hydrogen-bond acceptors (Lipinski definition) is 5. The molecule has 0 aliphatic carbocycles.